The van der Waals surface area contributed by atoms with Gasteiger partial charge in [-0.15, -0.1) is 0 Å². The molecule has 4 nitrogen and oxygen atoms in total. The van der Waals surface area contributed by atoms with E-state index < -0.39 is 5.97 Å². The van der Waals surface area contributed by atoms with Gasteiger partial charge in [-0.3, -0.25) is 0 Å². The van der Waals surface area contributed by atoms with Gasteiger partial charge in [0.1, 0.15) is 6.61 Å². The summed E-state index contributed by atoms with van der Waals surface area (Å²) in [5.74, 6) is -0.526. The van der Waals surface area contributed by atoms with Gasteiger partial charge in [0.15, 0.2) is 5.75 Å². The highest BCUT2D eigenvalue weighted by Gasteiger charge is 2.11. The number of halogens is 3. The molecule has 0 radical (unpaired) electrons. The van der Waals surface area contributed by atoms with E-state index in [1.54, 1.807) is 42.5 Å². The Bertz CT molecular complexity index is 1130. The minimum atomic E-state index is -1.02. The molecule has 0 bridgehead atoms. The van der Waals surface area contributed by atoms with Gasteiger partial charge in [-0.2, -0.15) is 5.26 Å². The molecule has 0 fully saturated rings. The molecule has 0 aromatic heterocycles. The maximum absolute atomic E-state index is 11.0. The first-order chi connectivity index (χ1) is 14.4. The Hall–Kier alpha value is -2.78. The smallest absolute Gasteiger partial charge is 0.335 e. The minimum absolute atomic E-state index is 0.156. The number of hydrogen-bond donors (Lipinski definition) is 1. The van der Waals surface area contributed by atoms with Crippen LogP contribution in [0.1, 0.15) is 27.0 Å². The van der Waals surface area contributed by atoms with E-state index in [0.717, 1.165) is 5.56 Å². The SMILES string of the molecule is N#C/C(=C/c1cc(Cl)c(OCc2ccc(Cl)cc2)c(Br)c1)c1ccc(C(=O)O)cc1. The molecule has 3 rings (SSSR count). The Morgan fingerprint density at radius 1 is 1.07 bits per heavy atom. The van der Waals surface area contributed by atoms with Crippen LogP contribution in [0.3, 0.4) is 0 Å². The molecule has 7 heteroatoms. The molecule has 0 amide bonds. The zero-order valence-corrected chi connectivity index (χ0v) is 18.5. The van der Waals surface area contributed by atoms with Crippen molar-refractivity contribution in [2.24, 2.45) is 0 Å². The summed E-state index contributed by atoms with van der Waals surface area (Å²) in [6.45, 7) is 0.323. The molecule has 1 N–H and O–H groups in total. The van der Waals surface area contributed by atoms with E-state index in [-0.39, 0.29) is 5.56 Å². The summed E-state index contributed by atoms with van der Waals surface area (Å²) >= 11 is 15.8. The van der Waals surface area contributed by atoms with Crippen LogP contribution in [0.4, 0.5) is 0 Å². The topological polar surface area (TPSA) is 70.3 Å². The molecule has 0 saturated carbocycles. The molecule has 3 aromatic rings. The van der Waals surface area contributed by atoms with Crippen LogP contribution >= 0.6 is 39.1 Å². The molecule has 0 saturated heterocycles. The summed E-state index contributed by atoms with van der Waals surface area (Å²) in [6, 6.07) is 19.1. The highest BCUT2D eigenvalue weighted by atomic mass is 79.9. The van der Waals surface area contributed by atoms with Crippen LogP contribution in [-0.2, 0) is 6.61 Å². The molecule has 30 heavy (non-hydrogen) atoms. The molecular weight excluding hydrogens is 489 g/mol. The first-order valence-electron chi connectivity index (χ1n) is 8.69. The van der Waals surface area contributed by atoms with E-state index in [1.807, 2.05) is 12.1 Å². The van der Waals surface area contributed by atoms with Gasteiger partial charge < -0.3 is 9.84 Å². The minimum Gasteiger partial charge on any atom is -0.486 e. The first kappa shape index (κ1) is 21.9. The lowest BCUT2D eigenvalue weighted by Gasteiger charge is -2.11. The van der Waals surface area contributed by atoms with Crippen LogP contribution in [-0.4, -0.2) is 11.1 Å². The normalized spacial score (nSPS) is 11.1. The lowest BCUT2D eigenvalue weighted by molar-refractivity contribution is 0.0697. The largest absolute Gasteiger partial charge is 0.486 e. The molecule has 0 aliphatic heterocycles. The van der Waals surface area contributed by atoms with Crippen molar-refractivity contribution < 1.29 is 14.6 Å². The zero-order valence-electron chi connectivity index (χ0n) is 15.4. The monoisotopic (exact) mass is 501 g/mol. The molecule has 0 aliphatic rings. The van der Waals surface area contributed by atoms with E-state index in [0.29, 0.717) is 43.6 Å². The molecule has 0 aliphatic carbocycles. The summed E-state index contributed by atoms with van der Waals surface area (Å²) in [5.41, 5.74) is 2.79. The Morgan fingerprint density at radius 2 is 1.70 bits per heavy atom. The molecule has 150 valence electrons. The number of rotatable bonds is 6. The highest BCUT2D eigenvalue weighted by molar-refractivity contribution is 9.10. The number of carboxylic acids is 1. The van der Waals surface area contributed by atoms with E-state index in [2.05, 4.69) is 22.0 Å². The van der Waals surface area contributed by atoms with Crippen molar-refractivity contribution in [3.05, 3.63) is 97.4 Å². The third-order valence-electron chi connectivity index (χ3n) is 4.19. The van der Waals surface area contributed by atoms with Gasteiger partial charge in [-0.05, 0) is 75.1 Å². The summed E-state index contributed by atoms with van der Waals surface area (Å²) in [4.78, 5) is 11.0. The molecule has 0 heterocycles. The molecule has 3 aromatic carbocycles. The number of aromatic carboxylic acids is 1. The number of allylic oxidation sites excluding steroid dienone is 1. The lowest BCUT2D eigenvalue weighted by Crippen LogP contribution is -1.97. The average molecular weight is 503 g/mol. The van der Waals surface area contributed by atoms with Crippen LogP contribution in [0.25, 0.3) is 11.6 Å². The number of nitrogens with zero attached hydrogens (tertiary/aromatic N) is 1. The Kier molecular flexibility index (Phi) is 7.17. The van der Waals surface area contributed by atoms with Crippen molar-refractivity contribution in [1.29, 1.82) is 5.26 Å². The fourth-order valence-electron chi connectivity index (χ4n) is 2.68. The van der Waals surface area contributed by atoms with Gasteiger partial charge in [0.2, 0.25) is 0 Å². The standard InChI is InChI=1S/C23H14BrCl2NO3/c24-20-10-15(9-18(12-27)16-3-5-17(6-4-16)23(28)29)11-21(26)22(20)30-13-14-1-7-19(25)8-2-14/h1-11H,13H2,(H,28,29)/b18-9-. The molecular formula is C23H14BrCl2NO3. The zero-order chi connectivity index (χ0) is 21.7. The summed E-state index contributed by atoms with van der Waals surface area (Å²) in [6.07, 6.45) is 1.68. The quantitative estimate of drug-likeness (QED) is 0.288. The van der Waals surface area contributed by atoms with Gasteiger partial charge in [0.25, 0.3) is 0 Å². The Labute approximate surface area is 192 Å². The highest BCUT2D eigenvalue weighted by Crippen LogP contribution is 2.36. The third kappa shape index (κ3) is 5.43. The van der Waals surface area contributed by atoms with Crippen molar-refractivity contribution >= 4 is 56.8 Å². The fraction of sp³-hybridized carbons (Fsp3) is 0.0435. The number of carbonyl (C=O) groups is 1. The second kappa shape index (κ2) is 9.82. The number of ether oxygens (including phenoxy) is 1. The third-order valence-corrected chi connectivity index (χ3v) is 5.31. The van der Waals surface area contributed by atoms with Gasteiger partial charge in [-0.1, -0.05) is 47.5 Å². The van der Waals surface area contributed by atoms with Crippen LogP contribution in [0, 0.1) is 11.3 Å². The Balaban J connectivity index is 1.83. The number of nitriles is 1. The average Bonchev–Trinajstić information content (AvgIpc) is 2.73. The van der Waals surface area contributed by atoms with Crippen molar-refractivity contribution in [2.45, 2.75) is 6.61 Å². The van der Waals surface area contributed by atoms with E-state index in [1.165, 1.54) is 12.1 Å². The number of benzene rings is 3. The second-order valence-corrected chi connectivity index (χ2v) is 7.98. The molecule has 0 unspecified atom stereocenters. The predicted molar refractivity (Wildman–Crippen MR) is 122 cm³/mol. The number of hydrogen-bond acceptors (Lipinski definition) is 3. The predicted octanol–water partition coefficient (Wildman–Crippen LogP) is 7.10. The van der Waals surface area contributed by atoms with Crippen LogP contribution < -0.4 is 4.74 Å². The Morgan fingerprint density at radius 3 is 2.27 bits per heavy atom. The van der Waals surface area contributed by atoms with Crippen molar-refractivity contribution in [1.82, 2.24) is 0 Å². The second-order valence-electron chi connectivity index (χ2n) is 6.28. The van der Waals surface area contributed by atoms with Crippen LogP contribution in [0.15, 0.2) is 65.1 Å². The lowest BCUT2D eigenvalue weighted by atomic mass is 10.0. The summed E-state index contributed by atoms with van der Waals surface area (Å²) < 4.78 is 6.48. The van der Waals surface area contributed by atoms with E-state index in [9.17, 15) is 10.1 Å². The van der Waals surface area contributed by atoms with E-state index >= 15 is 0 Å². The van der Waals surface area contributed by atoms with E-state index in [4.69, 9.17) is 33.0 Å². The van der Waals surface area contributed by atoms with Gasteiger partial charge in [0.05, 0.1) is 26.7 Å². The van der Waals surface area contributed by atoms with Crippen molar-refractivity contribution in [2.75, 3.05) is 0 Å². The maximum Gasteiger partial charge on any atom is 0.335 e. The summed E-state index contributed by atoms with van der Waals surface area (Å²) in [7, 11) is 0. The van der Waals surface area contributed by atoms with Gasteiger partial charge in [-0.25, -0.2) is 4.79 Å². The van der Waals surface area contributed by atoms with Crippen LogP contribution in [0.2, 0.25) is 10.0 Å². The maximum atomic E-state index is 11.0. The van der Waals surface area contributed by atoms with Crippen LogP contribution in [0.5, 0.6) is 5.75 Å². The van der Waals surface area contributed by atoms with Crippen molar-refractivity contribution in [3.8, 4) is 11.8 Å². The van der Waals surface area contributed by atoms with Gasteiger partial charge in [0, 0.05) is 5.02 Å². The van der Waals surface area contributed by atoms with Gasteiger partial charge >= 0.3 is 5.97 Å². The summed E-state index contributed by atoms with van der Waals surface area (Å²) in [5, 5.41) is 19.6. The molecule has 0 spiro atoms. The number of carboxylic acid groups (broad SMARTS) is 1. The first-order valence-corrected chi connectivity index (χ1v) is 10.2. The molecule has 0 atom stereocenters. The fourth-order valence-corrected chi connectivity index (χ4v) is 3.79. The van der Waals surface area contributed by atoms with Crippen molar-refractivity contribution in [3.63, 3.8) is 0 Å².